The van der Waals surface area contributed by atoms with E-state index in [-0.39, 0.29) is 37.3 Å². The molecule has 0 spiro atoms. The number of likely N-dealkylation sites (N-methyl/N-ethyl adjacent to an activating group) is 1. The van der Waals surface area contributed by atoms with Gasteiger partial charge in [-0.1, -0.05) is 0 Å². The van der Waals surface area contributed by atoms with E-state index in [1.807, 2.05) is 19.1 Å². The van der Waals surface area contributed by atoms with E-state index in [2.05, 4.69) is 5.32 Å². The van der Waals surface area contributed by atoms with Crippen LogP contribution in [0.4, 0.5) is 0 Å². The molecule has 102 valence electrons. The predicted molar refractivity (Wildman–Crippen MR) is 74.8 cm³/mol. The maximum atomic E-state index is 11.6. The summed E-state index contributed by atoms with van der Waals surface area (Å²) >= 11 is 1.66. The van der Waals surface area contributed by atoms with Gasteiger partial charge in [-0.3, -0.25) is 9.59 Å². The number of hydrogen-bond donors (Lipinski definition) is 2. The highest BCUT2D eigenvalue weighted by Gasteiger charge is 2.10. The molecule has 0 bridgehead atoms. The third-order valence-electron chi connectivity index (χ3n) is 2.24. The summed E-state index contributed by atoms with van der Waals surface area (Å²) in [6, 6.07) is 4.02. The van der Waals surface area contributed by atoms with Crippen LogP contribution in [0.15, 0.2) is 12.1 Å². The van der Waals surface area contributed by atoms with Crippen LogP contribution in [0.5, 0.6) is 0 Å². The first-order valence-corrected chi connectivity index (χ1v) is 6.10. The van der Waals surface area contributed by atoms with Gasteiger partial charge in [0.05, 0.1) is 19.6 Å². The zero-order chi connectivity index (χ0) is 12.8. The lowest BCUT2D eigenvalue weighted by molar-refractivity contribution is -0.131. The molecule has 0 fully saturated rings. The van der Waals surface area contributed by atoms with Crippen LogP contribution in [0.25, 0.3) is 0 Å². The molecule has 0 aliphatic rings. The number of rotatable bonds is 5. The molecule has 2 amide bonds. The lowest BCUT2D eigenvalue weighted by Crippen LogP contribution is -2.39. The van der Waals surface area contributed by atoms with Crippen LogP contribution >= 0.6 is 23.7 Å². The van der Waals surface area contributed by atoms with Gasteiger partial charge < -0.3 is 16.0 Å². The second-order valence-electron chi connectivity index (χ2n) is 3.74. The standard InChI is InChI=1S/C11H17N3O2S.ClH/c1-8-3-4-9(17-8)7-14(2)11(16)6-13-10(15)5-12;/h3-4H,5-7,12H2,1-2H3,(H,13,15);1H. The first kappa shape index (κ1) is 16.9. The van der Waals surface area contributed by atoms with E-state index in [0.717, 1.165) is 4.88 Å². The zero-order valence-electron chi connectivity index (χ0n) is 10.4. The molecule has 0 aliphatic heterocycles. The van der Waals surface area contributed by atoms with Gasteiger partial charge in [-0.2, -0.15) is 0 Å². The minimum absolute atomic E-state index is 0. The van der Waals surface area contributed by atoms with Gasteiger partial charge >= 0.3 is 0 Å². The Morgan fingerprint density at radius 1 is 1.44 bits per heavy atom. The third kappa shape index (κ3) is 5.48. The molecule has 1 heterocycles. The van der Waals surface area contributed by atoms with Crippen molar-refractivity contribution in [2.24, 2.45) is 5.73 Å². The molecular weight excluding hydrogens is 274 g/mol. The Morgan fingerprint density at radius 3 is 2.61 bits per heavy atom. The zero-order valence-corrected chi connectivity index (χ0v) is 12.1. The van der Waals surface area contributed by atoms with Crippen molar-refractivity contribution in [2.75, 3.05) is 20.1 Å². The topological polar surface area (TPSA) is 75.4 Å². The lowest BCUT2D eigenvalue weighted by Gasteiger charge is -2.16. The van der Waals surface area contributed by atoms with Crippen molar-refractivity contribution < 1.29 is 9.59 Å². The predicted octanol–water partition coefficient (Wildman–Crippen LogP) is 0.512. The number of nitrogens with zero attached hydrogens (tertiary/aromatic N) is 1. The van der Waals surface area contributed by atoms with Gasteiger partial charge in [-0.15, -0.1) is 23.7 Å². The van der Waals surface area contributed by atoms with Gasteiger partial charge in [-0.25, -0.2) is 0 Å². The lowest BCUT2D eigenvalue weighted by atomic mass is 10.4. The van der Waals surface area contributed by atoms with E-state index < -0.39 is 0 Å². The van der Waals surface area contributed by atoms with Gasteiger partial charge in [0.25, 0.3) is 0 Å². The molecule has 1 rings (SSSR count). The van der Waals surface area contributed by atoms with E-state index in [4.69, 9.17) is 5.73 Å². The fourth-order valence-corrected chi connectivity index (χ4v) is 2.22. The van der Waals surface area contributed by atoms with Crippen molar-refractivity contribution in [3.8, 4) is 0 Å². The van der Waals surface area contributed by atoms with Crippen molar-refractivity contribution in [1.29, 1.82) is 0 Å². The summed E-state index contributed by atoms with van der Waals surface area (Å²) in [5.41, 5.74) is 5.13. The van der Waals surface area contributed by atoms with Crippen molar-refractivity contribution in [2.45, 2.75) is 13.5 Å². The summed E-state index contributed by atoms with van der Waals surface area (Å²) in [6.07, 6.45) is 0. The fraction of sp³-hybridized carbons (Fsp3) is 0.455. The molecular formula is C11H18ClN3O2S. The van der Waals surface area contributed by atoms with E-state index in [9.17, 15) is 9.59 Å². The van der Waals surface area contributed by atoms with E-state index >= 15 is 0 Å². The summed E-state index contributed by atoms with van der Waals surface area (Å²) in [6.45, 7) is 2.49. The van der Waals surface area contributed by atoms with Crippen molar-refractivity contribution in [3.05, 3.63) is 21.9 Å². The Balaban J connectivity index is 0.00000289. The second kappa shape index (κ2) is 8.07. The number of halogens is 1. The van der Waals surface area contributed by atoms with Crippen LogP contribution in [-0.2, 0) is 16.1 Å². The Bertz CT molecular complexity index is 409. The van der Waals surface area contributed by atoms with Crippen molar-refractivity contribution >= 4 is 35.6 Å². The average molecular weight is 292 g/mol. The number of carbonyl (C=O) groups excluding carboxylic acids is 2. The first-order chi connectivity index (χ1) is 8.02. The van der Waals surface area contributed by atoms with Crippen LogP contribution in [0.3, 0.4) is 0 Å². The Kier molecular flexibility index (Phi) is 7.58. The number of carbonyl (C=O) groups is 2. The molecule has 0 radical (unpaired) electrons. The Morgan fingerprint density at radius 2 is 2.11 bits per heavy atom. The molecule has 0 unspecified atom stereocenters. The highest BCUT2D eigenvalue weighted by molar-refractivity contribution is 7.11. The minimum atomic E-state index is -0.321. The Hall–Kier alpha value is -1.11. The highest BCUT2D eigenvalue weighted by atomic mass is 35.5. The van der Waals surface area contributed by atoms with Crippen LogP contribution in [0, 0.1) is 6.92 Å². The van der Waals surface area contributed by atoms with Crippen LogP contribution < -0.4 is 11.1 Å². The number of hydrogen-bond acceptors (Lipinski definition) is 4. The largest absolute Gasteiger partial charge is 0.346 e. The van der Waals surface area contributed by atoms with Gasteiger partial charge in [0.15, 0.2) is 0 Å². The highest BCUT2D eigenvalue weighted by Crippen LogP contribution is 2.16. The van der Waals surface area contributed by atoms with Gasteiger partial charge in [-0.05, 0) is 19.1 Å². The normalized spacial score (nSPS) is 9.50. The van der Waals surface area contributed by atoms with Gasteiger partial charge in [0.2, 0.25) is 11.8 Å². The molecule has 18 heavy (non-hydrogen) atoms. The summed E-state index contributed by atoms with van der Waals surface area (Å²) in [5.74, 6) is -0.448. The van der Waals surface area contributed by atoms with E-state index in [1.165, 1.54) is 4.88 Å². The second-order valence-corrected chi connectivity index (χ2v) is 5.12. The monoisotopic (exact) mass is 291 g/mol. The summed E-state index contributed by atoms with van der Waals surface area (Å²) < 4.78 is 0. The minimum Gasteiger partial charge on any atom is -0.346 e. The number of nitrogens with two attached hydrogens (primary N) is 1. The van der Waals surface area contributed by atoms with E-state index in [0.29, 0.717) is 6.54 Å². The van der Waals surface area contributed by atoms with E-state index in [1.54, 1.807) is 23.3 Å². The van der Waals surface area contributed by atoms with Crippen LogP contribution in [0.1, 0.15) is 9.75 Å². The molecule has 1 aromatic rings. The average Bonchev–Trinajstić information content (AvgIpc) is 2.70. The fourth-order valence-electron chi connectivity index (χ4n) is 1.27. The summed E-state index contributed by atoms with van der Waals surface area (Å²) in [5, 5.41) is 2.45. The number of nitrogens with one attached hydrogen (secondary N) is 1. The SMILES string of the molecule is Cc1ccc(CN(C)C(=O)CNC(=O)CN)s1.Cl. The Labute approximate surface area is 117 Å². The first-order valence-electron chi connectivity index (χ1n) is 5.29. The number of aryl methyl sites for hydroxylation is 1. The maximum absolute atomic E-state index is 11.6. The quantitative estimate of drug-likeness (QED) is 0.830. The molecule has 7 heteroatoms. The molecule has 0 aromatic carbocycles. The smallest absolute Gasteiger partial charge is 0.242 e. The molecule has 0 aliphatic carbocycles. The molecule has 0 saturated carbocycles. The van der Waals surface area contributed by atoms with Gasteiger partial charge in [0, 0.05) is 16.8 Å². The third-order valence-corrected chi connectivity index (χ3v) is 3.22. The summed E-state index contributed by atoms with van der Waals surface area (Å²) in [7, 11) is 1.71. The number of thiophene rings is 1. The van der Waals surface area contributed by atoms with Crippen LogP contribution in [0.2, 0.25) is 0 Å². The van der Waals surface area contributed by atoms with Crippen molar-refractivity contribution in [3.63, 3.8) is 0 Å². The summed E-state index contributed by atoms with van der Waals surface area (Å²) in [4.78, 5) is 26.5. The van der Waals surface area contributed by atoms with Crippen molar-refractivity contribution in [1.82, 2.24) is 10.2 Å². The molecule has 3 N–H and O–H groups in total. The molecule has 0 atom stereocenters. The van der Waals surface area contributed by atoms with Crippen LogP contribution in [-0.4, -0.2) is 36.9 Å². The van der Waals surface area contributed by atoms with Gasteiger partial charge in [0.1, 0.15) is 0 Å². The molecule has 1 aromatic heterocycles. The maximum Gasteiger partial charge on any atom is 0.242 e. The molecule has 5 nitrogen and oxygen atoms in total. The number of amides is 2. The molecule has 0 saturated heterocycles.